The van der Waals surface area contributed by atoms with Gasteiger partial charge in [0, 0.05) is 7.11 Å². The lowest BCUT2D eigenvalue weighted by molar-refractivity contribution is -0.125. The van der Waals surface area contributed by atoms with E-state index in [-0.39, 0.29) is 11.4 Å². The van der Waals surface area contributed by atoms with Gasteiger partial charge in [0.25, 0.3) is 5.91 Å². The molecule has 1 saturated carbocycles. The summed E-state index contributed by atoms with van der Waals surface area (Å²) in [5, 5.41) is 6.07. The minimum Gasteiger partial charge on any atom is -0.383 e. The van der Waals surface area contributed by atoms with Crippen molar-refractivity contribution in [3.8, 4) is 0 Å². The van der Waals surface area contributed by atoms with Gasteiger partial charge in [-0.1, -0.05) is 19.3 Å². The van der Waals surface area contributed by atoms with Gasteiger partial charge in [-0.25, -0.2) is 0 Å². The average Bonchev–Trinajstić information content (AvgIpc) is 2.57. The van der Waals surface area contributed by atoms with Crippen LogP contribution >= 0.6 is 0 Å². The first kappa shape index (κ1) is 11.4. The Morgan fingerprint density at radius 2 is 2.12 bits per heavy atom. The summed E-state index contributed by atoms with van der Waals surface area (Å²) >= 11 is 0. The van der Waals surface area contributed by atoms with E-state index in [1.54, 1.807) is 7.11 Å². The molecule has 1 amide bonds. The minimum atomic E-state index is -0.371. The second-order valence-electron chi connectivity index (χ2n) is 4.45. The Balaban J connectivity index is 1.97. The molecular formula is C11H19N3O2. The van der Waals surface area contributed by atoms with Gasteiger partial charge in [-0.2, -0.15) is 0 Å². The molecule has 5 nitrogen and oxygen atoms in total. The van der Waals surface area contributed by atoms with E-state index >= 15 is 0 Å². The van der Waals surface area contributed by atoms with E-state index < -0.39 is 0 Å². The summed E-state index contributed by atoms with van der Waals surface area (Å²) in [6, 6.07) is 0. The fraction of sp³-hybridized carbons (Fsp3) is 0.818. The van der Waals surface area contributed by atoms with Crippen molar-refractivity contribution in [2.24, 2.45) is 4.99 Å². The number of nitrogens with zero attached hydrogens (tertiary/aromatic N) is 1. The molecule has 0 bridgehead atoms. The predicted octanol–water partition coefficient (Wildman–Crippen LogP) is 0.411. The number of carbonyl (C=O) groups excluding carboxylic acids is 1. The Morgan fingerprint density at radius 1 is 1.38 bits per heavy atom. The van der Waals surface area contributed by atoms with E-state index in [0.29, 0.717) is 19.1 Å². The monoisotopic (exact) mass is 225 g/mol. The Kier molecular flexibility index (Phi) is 3.43. The van der Waals surface area contributed by atoms with Gasteiger partial charge in [-0.15, -0.1) is 0 Å². The second kappa shape index (κ2) is 4.82. The van der Waals surface area contributed by atoms with E-state index in [9.17, 15) is 4.79 Å². The quantitative estimate of drug-likeness (QED) is 0.684. The van der Waals surface area contributed by atoms with Crippen molar-refractivity contribution in [1.82, 2.24) is 10.6 Å². The maximum atomic E-state index is 11.9. The molecule has 0 aromatic rings. The molecular weight excluding hydrogens is 206 g/mol. The zero-order valence-corrected chi connectivity index (χ0v) is 9.71. The van der Waals surface area contributed by atoms with Gasteiger partial charge in [-0.3, -0.25) is 15.1 Å². The predicted molar refractivity (Wildman–Crippen MR) is 61.3 cm³/mol. The fourth-order valence-corrected chi connectivity index (χ4v) is 2.38. The Labute approximate surface area is 95.6 Å². The van der Waals surface area contributed by atoms with E-state index in [2.05, 4.69) is 15.6 Å². The standard InChI is InChI=1S/C11H19N3O2/c1-16-8-7-12-10-13-9(15)11(14-10)5-3-2-4-6-11/h2-8H2,1H3,(H2,12,13,14,15). The van der Waals surface area contributed by atoms with E-state index in [0.717, 1.165) is 25.7 Å². The van der Waals surface area contributed by atoms with Gasteiger partial charge in [0.15, 0.2) is 5.96 Å². The number of ether oxygens (including phenoxy) is 1. The number of methoxy groups -OCH3 is 1. The summed E-state index contributed by atoms with van der Waals surface area (Å²) in [6.45, 7) is 1.16. The molecule has 2 aliphatic rings. The third kappa shape index (κ3) is 2.19. The summed E-state index contributed by atoms with van der Waals surface area (Å²) in [6.07, 6.45) is 5.30. The van der Waals surface area contributed by atoms with E-state index in [1.807, 2.05) is 0 Å². The molecule has 5 heteroatoms. The molecule has 0 atom stereocenters. The smallest absolute Gasteiger partial charge is 0.252 e. The molecule has 0 aromatic carbocycles. The maximum Gasteiger partial charge on any atom is 0.252 e. The third-order valence-electron chi connectivity index (χ3n) is 3.30. The highest BCUT2D eigenvalue weighted by atomic mass is 16.5. The summed E-state index contributed by atoms with van der Waals surface area (Å²) in [5.41, 5.74) is -0.371. The lowest BCUT2D eigenvalue weighted by Gasteiger charge is -2.30. The van der Waals surface area contributed by atoms with Crippen LogP contribution in [-0.2, 0) is 9.53 Å². The van der Waals surface area contributed by atoms with Crippen molar-refractivity contribution >= 4 is 11.9 Å². The van der Waals surface area contributed by atoms with Crippen LogP contribution in [0.15, 0.2) is 4.99 Å². The van der Waals surface area contributed by atoms with Crippen molar-refractivity contribution in [3.05, 3.63) is 0 Å². The number of amides is 1. The first-order valence-corrected chi connectivity index (χ1v) is 5.90. The van der Waals surface area contributed by atoms with Gasteiger partial charge in [0.2, 0.25) is 0 Å². The minimum absolute atomic E-state index is 0.0865. The highest BCUT2D eigenvalue weighted by Crippen LogP contribution is 2.30. The van der Waals surface area contributed by atoms with Crippen molar-refractivity contribution in [2.75, 3.05) is 20.3 Å². The van der Waals surface area contributed by atoms with Crippen LogP contribution < -0.4 is 10.6 Å². The molecule has 2 fully saturated rings. The van der Waals surface area contributed by atoms with Crippen LogP contribution in [0.4, 0.5) is 0 Å². The van der Waals surface area contributed by atoms with Crippen LogP contribution in [0.25, 0.3) is 0 Å². The van der Waals surface area contributed by atoms with Gasteiger partial charge in [-0.05, 0) is 12.8 Å². The summed E-state index contributed by atoms with van der Waals surface area (Å²) in [4.78, 5) is 16.2. The number of carbonyl (C=O) groups is 1. The van der Waals surface area contributed by atoms with Gasteiger partial charge in [0.1, 0.15) is 5.54 Å². The molecule has 1 saturated heterocycles. The molecule has 2 N–H and O–H groups in total. The Morgan fingerprint density at radius 3 is 2.81 bits per heavy atom. The van der Waals surface area contributed by atoms with Crippen molar-refractivity contribution < 1.29 is 9.53 Å². The third-order valence-corrected chi connectivity index (χ3v) is 3.30. The molecule has 16 heavy (non-hydrogen) atoms. The number of hydrogen-bond donors (Lipinski definition) is 2. The van der Waals surface area contributed by atoms with Crippen molar-refractivity contribution in [3.63, 3.8) is 0 Å². The highest BCUT2D eigenvalue weighted by Gasteiger charge is 2.45. The molecule has 90 valence electrons. The lowest BCUT2D eigenvalue weighted by atomic mass is 9.82. The van der Waals surface area contributed by atoms with E-state index in [1.165, 1.54) is 6.42 Å². The number of guanidine groups is 1. The van der Waals surface area contributed by atoms with Gasteiger partial charge >= 0.3 is 0 Å². The lowest BCUT2D eigenvalue weighted by Crippen LogP contribution is -2.48. The molecule has 2 rings (SSSR count). The maximum absolute atomic E-state index is 11.9. The van der Waals surface area contributed by atoms with Crippen LogP contribution in [-0.4, -0.2) is 37.7 Å². The number of hydrogen-bond acceptors (Lipinski definition) is 3. The fourth-order valence-electron chi connectivity index (χ4n) is 2.38. The number of aliphatic imine (C=N–C) groups is 1. The largest absolute Gasteiger partial charge is 0.383 e. The first-order chi connectivity index (χ1) is 7.77. The molecule has 0 aromatic heterocycles. The SMILES string of the molecule is COCCN=C1NC(=O)C2(CCCCC2)N1. The van der Waals surface area contributed by atoms with Crippen LogP contribution in [0, 0.1) is 0 Å². The van der Waals surface area contributed by atoms with Crippen molar-refractivity contribution in [2.45, 2.75) is 37.6 Å². The highest BCUT2D eigenvalue weighted by molar-refractivity contribution is 6.09. The Bertz CT molecular complexity index is 296. The van der Waals surface area contributed by atoms with Crippen LogP contribution in [0.5, 0.6) is 0 Å². The van der Waals surface area contributed by atoms with Gasteiger partial charge in [0.05, 0.1) is 13.2 Å². The molecule has 0 radical (unpaired) electrons. The normalized spacial score (nSPS) is 25.8. The first-order valence-electron chi connectivity index (χ1n) is 5.90. The van der Waals surface area contributed by atoms with Crippen LogP contribution in [0.1, 0.15) is 32.1 Å². The molecule has 1 heterocycles. The zero-order valence-electron chi connectivity index (χ0n) is 9.71. The molecule has 1 spiro atoms. The number of nitrogens with one attached hydrogen (secondary N) is 2. The summed E-state index contributed by atoms with van der Waals surface area (Å²) in [7, 11) is 1.64. The van der Waals surface area contributed by atoms with E-state index in [4.69, 9.17) is 4.74 Å². The van der Waals surface area contributed by atoms with Crippen molar-refractivity contribution in [1.29, 1.82) is 0 Å². The molecule has 1 aliphatic heterocycles. The summed E-state index contributed by atoms with van der Waals surface area (Å²) < 4.78 is 4.92. The van der Waals surface area contributed by atoms with Crippen LogP contribution in [0.2, 0.25) is 0 Å². The zero-order chi connectivity index (χ0) is 11.4. The van der Waals surface area contributed by atoms with Crippen LogP contribution in [0.3, 0.4) is 0 Å². The van der Waals surface area contributed by atoms with Gasteiger partial charge < -0.3 is 10.1 Å². The Hall–Kier alpha value is -1.10. The molecule has 1 aliphatic carbocycles. The topological polar surface area (TPSA) is 62.7 Å². The number of rotatable bonds is 3. The molecule has 0 unspecified atom stereocenters. The average molecular weight is 225 g/mol. The summed E-state index contributed by atoms with van der Waals surface area (Å²) in [5.74, 6) is 0.701. The second-order valence-corrected chi connectivity index (χ2v) is 4.45.